The predicted octanol–water partition coefficient (Wildman–Crippen LogP) is 2.20. The van der Waals surface area contributed by atoms with Crippen LogP contribution in [-0.2, 0) is 6.54 Å². The van der Waals surface area contributed by atoms with Crippen molar-refractivity contribution in [2.45, 2.75) is 13.0 Å². The molecule has 0 bridgehead atoms. The number of nitrogens with zero attached hydrogens (tertiary/aromatic N) is 1. The van der Waals surface area contributed by atoms with Crippen LogP contribution < -0.4 is 5.32 Å². The second-order valence-corrected chi connectivity index (χ2v) is 5.39. The van der Waals surface area contributed by atoms with Crippen LogP contribution in [0.2, 0.25) is 4.34 Å². The van der Waals surface area contributed by atoms with E-state index in [0.29, 0.717) is 0 Å². The normalized spacial score (nSPS) is 19.5. The molecule has 2 rings (SSSR count). The molecule has 0 radical (unpaired) electrons. The van der Waals surface area contributed by atoms with Crippen LogP contribution in [0.3, 0.4) is 0 Å². The van der Waals surface area contributed by atoms with Crippen LogP contribution in [0.25, 0.3) is 0 Å². The van der Waals surface area contributed by atoms with Gasteiger partial charge in [0.15, 0.2) is 0 Å². The third-order valence-corrected chi connectivity index (χ3v) is 3.66. The van der Waals surface area contributed by atoms with E-state index >= 15 is 0 Å². The Morgan fingerprint density at radius 3 is 3.07 bits per heavy atom. The standard InChI is InChI=1S/C10H15ClN2S/c11-10-3-2-9(14-10)8-13-6-1-4-12-5-7-13/h2-3,12H,1,4-8H2. The van der Waals surface area contributed by atoms with Crippen LogP contribution in [0.1, 0.15) is 11.3 Å². The summed E-state index contributed by atoms with van der Waals surface area (Å²) in [5.74, 6) is 0. The van der Waals surface area contributed by atoms with Crippen molar-refractivity contribution >= 4 is 22.9 Å². The number of thiophene rings is 1. The summed E-state index contributed by atoms with van der Waals surface area (Å²) in [6.07, 6.45) is 1.25. The second kappa shape index (κ2) is 5.12. The molecule has 4 heteroatoms. The fraction of sp³-hybridized carbons (Fsp3) is 0.600. The quantitative estimate of drug-likeness (QED) is 0.838. The third-order valence-electron chi connectivity index (χ3n) is 2.44. The molecule has 0 aromatic carbocycles. The summed E-state index contributed by atoms with van der Waals surface area (Å²) >= 11 is 7.59. The molecule has 0 unspecified atom stereocenters. The van der Waals surface area contributed by atoms with Gasteiger partial charge in [0.05, 0.1) is 4.34 Å². The number of hydrogen-bond donors (Lipinski definition) is 1. The third kappa shape index (κ3) is 2.95. The maximum Gasteiger partial charge on any atom is 0.0931 e. The second-order valence-electron chi connectivity index (χ2n) is 3.59. The lowest BCUT2D eigenvalue weighted by Gasteiger charge is -2.17. The van der Waals surface area contributed by atoms with E-state index in [1.54, 1.807) is 11.3 Å². The largest absolute Gasteiger partial charge is 0.315 e. The van der Waals surface area contributed by atoms with E-state index < -0.39 is 0 Å². The summed E-state index contributed by atoms with van der Waals surface area (Å²) in [5.41, 5.74) is 0. The summed E-state index contributed by atoms with van der Waals surface area (Å²) in [6, 6.07) is 4.11. The maximum absolute atomic E-state index is 5.90. The van der Waals surface area contributed by atoms with Gasteiger partial charge < -0.3 is 5.32 Å². The van der Waals surface area contributed by atoms with E-state index in [2.05, 4.69) is 16.3 Å². The summed E-state index contributed by atoms with van der Waals surface area (Å²) in [6.45, 7) is 5.66. The van der Waals surface area contributed by atoms with E-state index in [4.69, 9.17) is 11.6 Å². The van der Waals surface area contributed by atoms with Gasteiger partial charge in [-0.05, 0) is 31.6 Å². The first-order valence-corrected chi connectivity index (χ1v) is 6.21. The van der Waals surface area contributed by atoms with Gasteiger partial charge in [0, 0.05) is 24.5 Å². The van der Waals surface area contributed by atoms with Crippen molar-refractivity contribution in [3.63, 3.8) is 0 Å². The fourth-order valence-corrected chi connectivity index (χ4v) is 2.85. The topological polar surface area (TPSA) is 15.3 Å². The molecule has 78 valence electrons. The Bertz CT molecular complexity index is 279. The minimum absolute atomic E-state index is 0.896. The van der Waals surface area contributed by atoms with Crippen molar-refractivity contribution in [2.75, 3.05) is 26.2 Å². The molecule has 1 aliphatic rings. The van der Waals surface area contributed by atoms with Crippen LogP contribution in [0.4, 0.5) is 0 Å². The molecular weight excluding hydrogens is 216 g/mol. The highest BCUT2D eigenvalue weighted by Gasteiger charge is 2.09. The molecule has 1 fully saturated rings. The molecule has 1 aromatic heterocycles. The molecule has 1 N–H and O–H groups in total. The molecule has 2 nitrogen and oxygen atoms in total. The first-order chi connectivity index (χ1) is 6.84. The van der Waals surface area contributed by atoms with Crippen LogP contribution in [-0.4, -0.2) is 31.1 Å². The van der Waals surface area contributed by atoms with Gasteiger partial charge in [-0.1, -0.05) is 11.6 Å². The van der Waals surface area contributed by atoms with Crippen LogP contribution in [0, 0.1) is 0 Å². The molecular formula is C10H15ClN2S. The molecule has 1 saturated heterocycles. The first kappa shape index (κ1) is 10.4. The zero-order valence-electron chi connectivity index (χ0n) is 8.13. The predicted molar refractivity (Wildman–Crippen MR) is 62.1 cm³/mol. The minimum atomic E-state index is 0.896. The summed E-state index contributed by atoms with van der Waals surface area (Å²) < 4.78 is 0.896. The molecule has 14 heavy (non-hydrogen) atoms. The molecule has 0 saturated carbocycles. The van der Waals surface area contributed by atoms with Crippen molar-refractivity contribution in [1.29, 1.82) is 0 Å². The number of nitrogens with one attached hydrogen (secondary N) is 1. The van der Waals surface area contributed by atoms with Gasteiger partial charge in [-0.15, -0.1) is 11.3 Å². The van der Waals surface area contributed by atoms with Gasteiger partial charge >= 0.3 is 0 Å². The number of hydrogen-bond acceptors (Lipinski definition) is 3. The lowest BCUT2D eigenvalue weighted by Crippen LogP contribution is -2.27. The van der Waals surface area contributed by atoms with Crippen molar-refractivity contribution < 1.29 is 0 Å². The monoisotopic (exact) mass is 230 g/mol. The van der Waals surface area contributed by atoms with Crippen LogP contribution in [0.15, 0.2) is 12.1 Å². The average Bonchev–Trinajstić information content (AvgIpc) is 2.43. The van der Waals surface area contributed by atoms with Gasteiger partial charge in [-0.2, -0.15) is 0 Å². The van der Waals surface area contributed by atoms with Crippen LogP contribution in [0.5, 0.6) is 0 Å². The van der Waals surface area contributed by atoms with Gasteiger partial charge in [-0.25, -0.2) is 0 Å². The van der Waals surface area contributed by atoms with Crippen molar-refractivity contribution in [1.82, 2.24) is 10.2 Å². The average molecular weight is 231 g/mol. The summed E-state index contributed by atoms with van der Waals surface area (Å²) in [7, 11) is 0. The zero-order chi connectivity index (χ0) is 9.80. The van der Waals surface area contributed by atoms with Crippen LogP contribution >= 0.6 is 22.9 Å². The van der Waals surface area contributed by atoms with Gasteiger partial charge in [0.1, 0.15) is 0 Å². The molecule has 0 amide bonds. The number of rotatable bonds is 2. The Morgan fingerprint density at radius 1 is 1.36 bits per heavy atom. The smallest absolute Gasteiger partial charge is 0.0931 e. The number of halogens is 1. The Labute approximate surface area is 93.9 Å². The molecule has 0 spiro atoms. The Kier molecular flexibility index (Phi) is 3.81. The maximum atomic E-state index is 5.90. The lowest BCUT2D eigenvalue weighted by molar-refractivity contribution is 0.287. The summed E-state index contributed by atoms with van der Waals surface area (Å²) in [5, 5.41) is 3.40. The van der Waals surface area contributed by atoms with E-state index in [1.807, 2.05) is 6.07 Å². The van der Waals surface area contributed by atoms with E-state index in [1.165, 1.54) is 17.8 Å². The van der Waals surface area contributed by atoms with Crippen molar-refractivity contribution in [3.8, 4) is 0 Å². The molecule has 2 heterocycles. The fourth-order valence-electron chi connectivity index (χ4n) is 1.72. The highest BCUT2D eigenvalue weighted by molar-refractivity contribution is 7.16. The first-order valence-electron chi connectivity index (χ1n) is 5.02. The highest BCUT2D eigenvalue weighted by Crippen LogP contribution is 2.22. The van der Waals surface area contributed by atoms with E-state index in [0.717, 1.165) is 30.5 Å². The molecule has 1 aliphatic heterocycles. The Morgan fingerprint density at radius 2 is 2.29 bits per heavy atom. The van der Waals surface area contributed by atoms with Crippen molar-refractivity contribution in [3.05, 3.63) is 21.3 Å². The van der Waals surface area contributed by atoms with Gasteiger partial charge in [-0.3, -0.25) is 4.90 Å². The van der Waals surface area contributed by atoms with E-state index in [9.17, 15) is 0 Å². The van der Waals surface area contributed by atoms with E-state index in [-0.39, 0.29) is 0 Å². The highest BCUT2D eigenvalue weighted by atomic mass is 35.5. The molecule has 1 aromatic rings. The lowest BCUT2D eigenvalue weighted by atomic mass is 10.3. The van der Waals surface area contributed by atoms with Gasteiger partial charge in [0.2, 0.25) is 0 Å². The minimum Gasteiger partial charge on any atom is -0.315 e. The Balaban J connectivity index is 1.89. The van der Waals surface area contributed by atoms with Gasteiger partial charge in [0.25, 0.3) is 0 Å². The summed E-state index contributed by atoms with van der Waals surface area (Å²) in [4.78, 5) is 3.86. The zero-order valence-corrected chi connectivity index (χ0v) is 9.70. The molecule has 0 aliphatic carbocycles. The SMILES string of the molecule is Clc1ccc(CN2CCCNCC2)s1. The molecule has 0 atom stereocenters. The Hall–Kier alpha value is -0.0900. The van der Waals surface area contributed by atoms with Crippen molar-refractivity contribution in [2.24, 2.45) is 0 Å².